The second-order valence-corrected chi connectivity index (χ2v) is 4.76. The van der Waals surface area contributed by atoms with E-state index in [1.807, 2.05) is 30.3 Å². The minimum absolute atomic E-state index is 0.311. The first-order chi connectivity index (χ1) is 9.34. The zero-order chi connectivity index (χ0) is 13.1. The van der Waals surface area contributed by atoms with Crippen molar-refractivity contribution in [1.82, 2.24) is 15.0 Å². The van der Waals surface area contributed by atoms with E-state index in [2.05, 4.69) is 20.5 Å². The van der Waals surface area contributed by atoms with Gasteiger partial charge in [0, 0.05) is 10.3 Å². The molecule has 1 heterocycles. The molecule has 0 amide bonds. The van der Waals surface area contributed by atoms with E-state index in [-0.39, 0.29) is 5.82 Å². The van der Waals surface area contributed by atoms with Crippen LogP contribution in [-0.4, -0.2) is 10.2 Å². The first kappa shape index (κ1) is 12.0. The van der Waals surface area contributed by atoms with Crippen LogP contribution in [0.25, 0.3) is 10.9 Å². The molecule has 3 N–H and O–H groups in total. The second kappa shape index (κ2) is 5.29. The first-order valence-electron chi connectivity index (χ1n) is 5.70. The quantitative estimate of drug-likeness (QED) is 0.504. The van der Waals surface area contributed by atoms with Crippen LogP contribution in [0.3, 0.4) is 0 Å². The van der Waals surface area contributed by atoms with E-state index in [4.69, 9.17) is 0 Å². The molecule has 3 rings (SSSR count). The van der Waals surface area contributed by atoms with Gasteiger partial charge < -0.3 is 0 Å². The minimum atomic E-state index is -0.311. The van der Waals surface area contributed by atoms with Gasteiger partial charge in [0.05, 0.1) is 0 Å². The Kier molecular flexibility index (Phi) is 3.35. The SMILES string of the molecule is Fc1cccc2c(NNSc3ccccc3)n[nH]c12. The van der Waals surface area contributed by atoms with Crippen LogP contribution < -0.4 is 10.3 Å². The number of anilines is 1. The van der Waals surface area contributed by atoms with Gasteiger partial charge >= 0.3 is 0 Å². The molecule has 0 radical (unpaired) electrons. The first-order valence-corrected chi connectivity index (χ1v) is 6.52. The summed E-state index contributed by atoms with van der Waals surface area (Å²) in [7, 11) is 0. The van der Waals surface area contributed by atoms with Crippen LogP contribution in [0.15, 0.2) is 53.4 Å². The van der Waals surface area contributed by atoms with Crippen LogP contribution in [0.4, 0.5) is 10.2 Å². The van der Waals surface area contributed by atoms with E-state index in [1.165, 1.54) is 18.0 Å². The van der Waals surface area contributed by atoms with E-state index >= 15 is 0 Å². The number of aromatic amines is 1. The van der Waals surface area contributed by atoms with Crippen LogP contribution in [0, 0.1) is 5.82 Å². The third kappa shape index (κ3) is 2.54. The lowest BCUT2D eigenvalue weighted by molar-refractivity contribution is 0.636. The molecule has 1 aromatic heterocycles. The summed E-state index contributed by atoms with van der Waals surface area (Å²) in [5.74, 6) is 0.256. The number of hydrogen-bond acceptors (Lipinski definition) is 4. The van der Waals surface area contributed by atoms with Crippen LogP contribution >= 0.6 is 11.9 Å². The van der Waals surface area contributed by atoms with E-state index in [0.717, 1.165) is 4.90 Å². The number of H-pyrrole nitrogens is 1. The zero-order valence-corrected chi connectivity index (χ0v) is 10.7. The summed E-state index contributed by atoms with van der Waals surface area (Å²) in [4.78, 5) is 4.05. The molecule has 0 fully saturated rings. The summed E-state index contributed by atoms with van der Waals surface area (Å²) in [6.45, 7) is 0. The predicted molar refractivity (Wildman–Crippen MR) is 75.1 cm³/mol. The van der Waals surface area contributed by atoms with Gasteiger partial charge in [-0.05, 0) is 36.2 Å². The van der Waals surface area contributed by atoms with E-state index in [0.29, 0.717) is 16.7 Å². The monoisotopic (exact) mass is 274 g/mol. The number of rotatable bonds is 4. The van der Waals surface area contributed by atoms with Gasteiger partial charge in [-0.15, -0.1) is 0 Å². The van der Waals surface area contributed by atoms with Crippen molar-refractivity contribution < 1.29 is 4.39 Å². The third-order valence-electron chi connectivity index (χ3n) is 2.63. The van der Waals surface area contributed by atoms with Crippen molar-refractivity contribution in [2.45, 2.75) is 4.90 Å². The molecule has 0 saturated heterocycles. The minimum Gasteiger partial charge on any atom is -0.294 e. The normalized spacial score (nSPS) is 10.8. The number of hydrazine groups is 1. The Morgan fingerprint density at radius 2 is 1.89 bits per heavy atom. The number of fused-ring (bicyclic) bond motifs is 1. The molecular formula is C13H11FN4S. The highest BCUT2D eigenvalue weighted by molar-refractivity contribution is 7.97. The number of aromatic nitrogens is 2. The molecule has 0 aliphatic carbocycles. The molecule has 6 heteroatoms. The second-order valence-electron chi connectivity index (χ2n) is 3.88. The summed E-state index contributed by atoms with van der Waals surface area (Å²) >= 11 is 1.42. The summed E-state index contributed by atoms with van der Waals surface area (Å²) in [5.41, 5.74) is 3.35. The highest BCUT2D eigenvalue weighted by atomic mass is 32.2. The largest absolute Gasteiger partial charge is 0.294 e. The van der Waals surface area contributed by atoms with Crippen molar-refractivity contribution in [1.29, 1.82) is 0 Å². The molecule has 2 aromatic carbocycles. The van der Waals surface area contributed by atoms with Gasteiger partial charge in [0.25, 0.3) is 0 Å². The fourth-order valence-corrected chi connectivity index (χ4v) is 2.28. The summed E-state index contributed by atoms with van der Waals surface area (Å²) in [6, 6.07) is 14.7. The molecule has 3 aromatic rings. The summed E-state index contributed by atoms with van der Waals surface area (Å²) in [6.07, 6.45) is 0. The fraction of sp³-hybridized carbons (Fsp3) is 0. The Balaban J connectivity index is 1.71. The van der Waals surface area contributed by atoms with Crippen LogP contribution in [0.2, 0.25) is 0 Å². The number of halogens is 1. The Labute approximate surface area is 113 Å². The van der Waals surface area contributed by atoms with Crippen molar-refractivity contribution in [3.8, 4) is 0 Å². The van der Waals surface area contributed by atoms with Gasteiger partial charge in [0.1, 0.15) is 11.3 Å². The Bertz CT molecular complexity index is 683. The van der Waals surface area contributed by atoms with Crippen LogP contribution in [0.5, 0.6) is 0 Å². The topological polar surface area (TPSA) is 52.7 Å². The van der Waals surface area contributed by atoms with Gasteiger partial charge in [-0.2, -0.15) is 9.93 Å². The van der Waals surface area contributed by atoms with Gasteiger partial charge in [-0.3, -0.25) is 10.5 Å². The molecule has 0 aliphatic heterocycles. The molecule has 0 aliphatic rings. The van der Waals surface area contributed by atoms with Gasteiger partial charge in [0.15, 0.2) is 5.82 Å². The smallest absolute Gasteiger partial charge is 0.170 e. The Hall–Kier alpha value is -2.05. The maximum absolute atomic E-state index is 13.5. The average Bonchev–Trinajstić information content (AvgIpc) is 2.85. The highest BCUT2D eigenvalue weighted by Gasteiger charge is 2.08. The molecule has 0 saturated carbocycles. The van der Waals surface area contributed by atoms with Gasteiger partial charge in [-0.1, -0.05) is 24.3 Å². The van der Waals surface area contributed by atoms with E-state index in [1.54, 1.807) is 12.1 Å². The van der Waals surface area contributed by atoms with Gasteiger partial charge in [-0.25, -0.2) is 4.39 Å². The van der Waals surface area contributed by atoms with Crippen molar-refractivity contribution in [3.05, 3.63) is 54.3 Å². The lowest BCUT2D eigenvalue weighted by Crippen LogP contribution is -2.13. The van der Waals surface area contributed by atoms with Crippen LogP contribution in [-0.2, 0) is 0 Å². The molecule has 4 nitrogen and oxygen atoms in total. The van der Waals surface area contributed by atoms with Crippen molar-refractivity contribution >= 4 is 28.7 Å². The summed E-state index contributed by atoms with van der Waals surface area (Å²) < 4.78 is 13.5. The molecule has 0 unspecified atom stereocenters. The Morgan fingerprint density at radius 1 is 1.05 bits per heavy atom. The molecular weight excluding hydrogens is 263 g/mol. The molecule has 0 bridgehead atoms. The highest BCUT2D eigenvalue weighted by Crippen LogP contribution is 2.22. The lowest BCUT2D eigenvalue weighted by atomic mass is 10.2. The van der Waals surface area contributed by atoms with E-state index < -0.39 is 0 Å². The molecule has 0 atom stereocenters. The third-order valence-corrected chi connectivity index (χ3v) is 3.34. The summed E-state index contributed by atoms with van der Waals surface area (Å²) in [5, 5.41) is 7.41. The molecule has 96 valence electrons. The maximum Gasteiger partial charge on any atom is 0.170 e. The van der Waals surface area contributed by atoms with E-state index in [9.17, 15) is 4.39 Å². The molecule has 19 heavy (non-hydrogen) atoms. The number of nitrogens with one attached hydrogen (secondary N) is 3. The maximum atomic E-state index is 13.5. The van der Waals surface area contributed by atoms with Gasteiger partial charge in [0.2, 0.25) is 0 Å². The van der Waals surface area contributed by atoms with Crippen molar-refractivity contribution in [2.75, 3.05) is 5.43 Å². The van der Waals surface area contributed by atoms with Crippen molar-refractivity contribution in [2.24, 2.45) is 0 Å². The standard InChI is InChI=1S/C13H11FN4S/c14-11-8-4-7-10-12(11)15-16-13(10)17-18-19-9-5-2-1-3-6-9/h1-8,18H,(H2,15,16,17). The number of para-hydroxylation sites is 1. The van der Waals surface area contributed by atoms with Crippen molar-refractivity contribution in [3.63, 3.8) is 0 Å². The number of nitrogens with zero attached hydrogens (tertiary/aromatic N) is 1. The zero-order valence-electron chi connectivity index (χ0n) is 9.85. The fourth-order valence-electron chi connectivity index (χ4n) is 1.72. The Morgan fingerprint density at radius 3 is 2.74 bits per heavy atom. The lowest BCUT2D eigenvalue weighted by Gasteiger charge is -2.04. The predicted octanol–water partition coefficient (Wildman–Crippen LogP) is 3.33. The average molecular weight is 274 g/mol. The number of hydrogen-bond donors (Lipinski definition) is 3. The number of benzene rings is 2. The molecule has 0 spiro atoms. The van der Waals surface area contributed by atoms with Crippen LogP contribution in [0.1, 0.15) is 0 Å².